The third-order valence-corrected chi connectivity index (χ3v) is 6.68. The molecule has 0 bridgehead atoms. The van der Waals surface area contributed by atoms with Gasteiger partial charge in [-0.1, -0.05) is 54.6 Å². The lowest BCUT2D eigenvalue weighted by Gasteiger charge is -2.11. The van der Waals surface area contributed by atoms with Crippen LogP contribution in [0.15, 0.2) is 72.8 Å². The Kier molecular flexibility index (Phi) is 9.33. The quantitative estimate of drug-likeness (QED) is 0.136. The molecule has 0 saturated heterocycles. The molecule has 0 aromatic heterocycles. The van der Waals surface area contributed by atoms with E-state index in [2.05, 4.69) is 10.8 Å². The molecule has 0 heterocycles. The zero-order valence-corrected chi connectivity index (χ0v) is 21.4. The molecule has 39 heavy (non-hydrogen) atoms. The summed E-state index contributed by atoms with van der Waals surface area (Å²) in [5.41, 5.74) is 3.09. The molecule has 204 valence electrons. The molecular weight excluding hydrogens is 514 g/mol. The molecule has 0 aliphatic carbocycles. The molecule has 0 amide bonds. The first-order chi connectivity index (χ1) is 18.7. The number of aryl methyl sites for hydroxylation is 5. The van der Waals surface area contributed by atoms with Gasteiger partial charge < -0.3 is 4.74 Å². The van der Waals surface area contributed by atoms with Crippen molar-refractivity contribution in [3.8, 4) is 5.75 Å². The van der Waals surface area contributed by atoms with Gasteiger partial charge in [0.05, 0.1) is 0 Å². The maximum Gasteiger partial charge on any atom is 0.387 e. The molecule has 4 aromatic rings. The fraction of sp³-hybridized carbons (Fsp3) is 0.250. The number of allylic oxidation sites excluding steroid dienone is 2. The Labute approximate surface area is 223 Å². The number of alkyl halides is 2. The Morgan fingerprint density at radius 2 is 1.28 bits per heavy atom. The van der Waals surface area contributed by atoms with Crippen LogP contribution in [0.4, 0.5) is 26.3 Å². The second kappa shape index (κ2) is 12.9. The van der Waals surface area contributed by atoms with Crippen LogP contribution in [0.5, 0.6) is 5.75 Å². The lowest BCUT2D eigenvalue weighted by molar-refractivity contribution is -0.0546. The van der Waals surface area contributed by atoms with Crippen LogP contribution in [0.25, 0.3) is 10.8 Å². The average molecular weight is 543 g/mol. The molecule has 0 spiro atoms. The van der Waals surface area contributed by atoms with E-state index in [0.29, 0.717) is 34.7 Å². The minimum absolute atomic E-state index is 0.100. The standard InChI is InChI=1S/C32H28F6O/c1-2-3-4-5-20-6-10-23(27(33)17-20)11-7-21-9-15-26-25(16-21)14-13-24(30(26)36)12-8-22-18-28(34)31(29(35)19-22)39-32(37)38/h2-3,6,9-10,13-19,32H,4-5,7-8,11-12H2,1H3/b3-2+. The highest BCUT2D eigenvalue weighted by Gasteiger charge is 2.17. The van der Waals surface area contributed by atoms with Crippen molar-refractivity contribution in [1.82, 2.24) is 0 Å². The largest absolute Gasteiger partial charge is 0.429 e. The zero-order chi connectivity index (χ0) is 27.9. The van der Waals surface area contributed by atoms with Crippen LogP contribution in [0.1, 0.15) is 41.2 Å². The molecule has 4 aromatic carbocycles. The van der Waals surface area contributed by atoms with Gasteiger partial charge in [0.15, 0.2) is 17.4 Å². The Morgan fingerprint density at radius 3 is 1.97 bits per heavy atom. The highest BCUT2D eigenvalue weighted by molar-refractivity contribution is 5.84. The van der Waals surface area contributed by atoms with Crippen molar-refractivity contribution in [2.75, 3.05) is 0 Å². The fourth-order valence-corrected chi connectivity index (χ4v) is 4.62. The van der Waals surface area contributed by atoms with Crippen molar-refractivity contribution in [3.05, 3.63) is 124 Å². The van der Waals surface area contributed by atoms with Crippen LogP contribution < -0.4 is 4.74 Å². The second-order valence-corrected chi connectivity index (χ2v) is 9.39. The van der Waals surface area contributed by atoms with Crippen molar-refractivity contribution < 1.29 is 31.1 Å². The smallest absolute Gasteiger partial charge is 0.387 e. The van der Waals surface area contributed by atoms with E-state index >= 15 is 4.39 Å². The van der Waals surface area contributed by atoms with E-state index < -0.39 is 29.8 Å². The summed E-state index contributed by atoms with van der Waals surface area (Å²) in [6.07, 6.45) is 7.05. The lowest BCUT2D eigenvalue weighted by atomic mass is 9.96. The number of rotatable bonds is 11. The minimum Gasteiger partial charge on any atom is -0.429 e. The van der Waals surface area contributed by atoms with Crippen molar-refractivity contribution in [3.63, 3.8) is 0 Å². The van der Waals surface area contributed by atoms with Gasteiger partial charge in [-0.2, -0.15) is 8.78 Å². The maximum atomic E-state index is 15.2. The highest BCUT2D eigenvalue weighted by Crippen LogP contribution is 2.28. The summed E-state index contributed by atoms with van der Waals surface area (Å²) in [5, 5.41) is 1.10. The van der Waals surface area contributed by atoms with Crippen LogP contribution in [0.2, 0.25) is 0 Å². The predicted molar refractivity (Wildman–Crippen MR) is 141 cm³/mol. The van der Waals surface area contributed by atoms with E-state index in [1.165, 1.54) is 0 Å². The number of halogens is 6. The van der Waals surface area contributed by atoms with E-state index in [1.54, 1.807) is 24.3 Å². The maximum absolute atomic E-state index is 15.2. The van der Waals surface area contributed by atoms with Gasteiger partial charge in [-0.25, -0.2) is 17.6 Å². The van der Waals surface area contributed by atoms with Crippen molar-refractivity contribution in [2.45, 2.75) is 52.1 Å². The molecule has 0 N–H and O–H groups in total. The summed E-state index contributed by atoms with van der Waals surface area (Å²) >= 11 is 0. The number of hydrogen-bond donors (Lipinski definition) is 0. The Hall–Kier alpha value is -3.74. The summed E-state index contributed by atoms with van der Waals surface area (Å²) < 4.78 is 86.3. The average Bonchev–Trinajstić information content (AvgIpc) is 2.90. The fourth-order valence-electron chi connectivity index (χ4n) is 4.62. The Morgan fingerprint density at radius 1 is 0.667 bits per heavy atom. The van der Waals surface area contributed by atoms with Crippen molar-refractivity contribution >= 4 is 10.8 Å². The molecule has 1 nitrogen and oxygen atoms in total. The van der Waals surface area contributed by atoms with E-state index in [1.807, 2.05) is 37.3 Å². The molecule has 0 aliphatic rings. The van der Waals surface area contributed by atoms with Crippen molar-refractivity contribution in [2.24, 2.45) is 0 Å². The Balaban J connectivity index is 1.41. The molecule has 4 rings (SSSR count). The first-order valence-electron chi connectivity index (χ1n) is 12.8. The molecule has 0 aliphatic heterocycles. The molecule has 0 radical (unpaired) electrons. The normalized spacial score (nSPS) is 11.7. The second-order valence-electron chi connectivity index (χ2n) is 9.39. The molecule has 7 heteroatoms. The van der Waals surface area contributed by atoms with Gasteiger partial charge in [0.25, 0.3) is 0 Å². The summed E-state index contributed by atoms with van der Waals surface area (Å²) in [7, 11) is 0. The van der Waals surface area contributed by atoms with Crippen LogP contribution >= 0.6 is 0 Å². The number of benzene rings is 4. The van der Waals surface area contributed by atoms with Gasteiger partial charge >= 0.3 is 6.61 Å². The molecular formula is C32H28F6O. The molecule has 0 unspecified atom stereocenters. The topological polar surface area (TPSA) is 9.23 Å². The highest BCUT2D eigenvalue weighted by atomic mass is 19.3. The van der Waals surface area contributed by atoms with E-state index in [9.17, 15) is 22.0 Å². The number of ether oxygens (including phenoxy) is 1. The SMILES string of the molecule is C/C=C/CCc1ccc(CCc2ccc3c(F)c(CCc4cc(F)c(OC(F)F)c(F)c4)ccc3c2)c(F)c1. The first kappa shape index (κ1) is 28.3. The van der Waals surface area contributed by atoms with Gasteiger partial charge in [0.1, 0.15) is 11.6 Å². The summed E-state index contributed by atoms with van der Waals surface area (Å²) in [6, 6.07) is 15.9. The van der Waals surface area contributed by atoms with E-state index in [-0.39, 0.29) is 24.2 Å². The van der Waals surface area contributed by atoms with Gasteiger partial charge in [-0.3, -0.25) is 0 Å². The number of hydrogen-bond acceptors (Lipinski definition) is 1. The van der Waals surface area contributed by atoms with Crippen LogP contribution in [-0.4, -0.2) is 6.61 Å². The number of fused-ring (bicyclic) bond motifs is 1. The molecule has 0 fully saturated rings. The van der Waals surface area contributed by atoms with Gasteiger partial charge in [-0.05, 0) is 96.9 Å². The Bertz CT molecular complexity index is 1450. The van der Waals surface area contributed by atoms with Crippen LogP contribution in [-0.2, 0) is 32.1 Å². The lowest BCUT2D eigenvalue weighted by Crippen LogP contribution is -2.06. The molecule has 0 saturated carbocycles. The van der Waals surface area contributed by atoms with Crippen molar-refractivity contribution in [1.29, 1.82) is 0 Å². The van der Waals surface area contributed by atoms with Crippen LogP contribution in [0, 0.1) is 23.3 Å². The van der Waals surface area contributed by atoms with E-state index in [4.69, 9.17) is 0 Å². The van der Waals surface area contributed by atoms with E-state index in [0.717, 1.165) is 36.1 Å². The van der Waals surface area contributed by atoms with Gasteiger partial charge in [0.2, 0.25) is 0 Å². The third kappa shape index (κ3) is 7.22. The zero-order valence-electron chi connectivity index (χ0n) is 21.4. The van der Waals surface area contributed by atoms with Gasteiger partial charge in [0, 0.05) is 5.39 Å². The first-order valence-corrected chi connectivity index (χ1v) is 12.8. The third-order valence-electron chi connectivity index (χ3n) is 6.68. The minimum atomic E-state index is -3.35. The molecule has 0 atom stereocenters. The van der Waals surface area contributed by atoms with Gasteiger partial charge in [-0.15, -0.1) is 0 Å². The summed E-state index contributed by atoms with van der Waals surface area (Å²) in [5.74, 6) is -4.27. The summed E-state index contributed by atoms with van der Waals surface area (Å²) in [6.45, 7) is -1.39. The predicted octanol–water partition coefficient (Wildman–Crippen LogP) is 9.08. The monoisotopic (exact) mass is 542 g/mol. The van der Waals surface area contributed by atoms with Crippen LogP contribution in [0.3, 0.4) is 0 Å². The summed E-state index contributed by atoms with van der Waals surface area (Å²) in [4.78, 5) is 0.